The normalized spacial score (nSPS) is 12.7. The monoisotopic (exact) mass is 772 g/mol. The first kappa shape index (κ1) is 40.9. The first-order valence-corrected chi connectivity index (χ1v) is 20.6. The zero-order valence-corrected chi connectivity index (χ0v) is 35.7. The van der Waals surface area contributed by atoms with Crippen molar-refractivity contribution in [2.24, 2.45) is 9.98 Å². The van der Waals surface area contributed by atoms with Gasteiger partial charge >= 0.3 is 0 Å². The number of aliphatic imine (C=N–C) groups is 2. The Labute approximate surface area is 351 Å². The van der Waals surface area contributed by atoms with Crippen molar-refractivity contribution >= 4 is 23.8 Å². The van der Waals surface area contributed by atoms with Gasteiger partial charge in [0, 0.05) is 45.2 Å². The molecule has 0 atom stereocenters. The van der Waals surface area contributed by atoms with E-state index in [0.717, 1.165) is 27.9 Å². The lowest BCUT2D eigenvalue weighted by Gasteiger charge is -2.32. The SMILES string of the molecule is CC(C)(c1ccccc1)c1cc(C=Nc2ccccc2N=Cc2cc(C(C)(C)c3ccccc3)cc(C(C)(C)c3ccccc3)c2O)cc(C(C)(C)c2ccccc2)c1. The van der Waals surface area contributed by atoms with E-state index in [-0.39, 0.29) is 22.0 Å². The largest absolute Gasteiger partial charge is 0.507 e. The van der Waals surface area contributed by atoms with Crippen LogP contribution in [-0.2, 0) is 21.7 Å². The number of phenols is 1. The van der Waals surface area contributed by atoms with Crippen LogP contribution in [0.1, 0.15) is 111 Å². The molecule has 0 spiro atoms. The third-order valence-electron chi connectivity index (χ3n) is 12.5. The maximum absolute atomic E-state index is 12.1. The minimum Gasteiger partial charge on any atom is -0.507 e. The van der Waals surface area contributed by atoms with Crippen LogP contribution in [0.3, 0.4) is 0 Å². The molecule has 0 amide bonds. The fourth-order valence-corrected chi connectivity index (χ4v) is 8.08. The van der Waals surface area contributed by atoms with E-state index in [0.29, 0.717) is 11.3 Å². The van der Waals surface area contributed by atoms with Crippen molar-refractivity contribution in [3.05, 3.63) is 232 Å². The van der Waals surface area contributed by atoms with Crippen LogP contribution < -0.4 is 0 Å². The third-order valence-corrected chi connectivity index (χ3v) is 12.5. The van der Waals surface area contributed by atoms with Crippen LogP contribution in [-0.4, -0.2) is 17.5 Å². The lowest BCUT2D eigenvalue weighted by molar-refractivity contribution is 0.451. The van der Waals surface area contributed by atoms with E-state index in [1.165, 1.54) is 27.8 Å². The summed E-state index contributed by atoms with van der Waals surface area (Å²) in [7, 11) is 0. The molecule has 1 N–H and O–H groups in total. The molecule has 0 fully saturated rings. The van der Waals surface area contributed by atoms with E-state index >= 15 is 0 Å². The molecule has 7 aromatic rings. The molecule has 0 heterocycles. The fourth-order valence-electron chi connectivity index (χ4n) is 8.08. The Morgan fingerprint density at radius 1 is 0.356 bits per heavy atom. The highest BCUT2D eigenvalue weighted by molar-refractivity contribution is 5.90. The van der Waals surface area contributed by atoms with Crippen molar-refractivity contribution in [2.45, 2.75) is 77.0 Å². The van der Waals surface area contributed by atoms with Gasteiger partial charge in [-0.2, -0.15) is 0 Å². The van der Waals surface area contributed by atoms with Gasteiger partial charge in [0.1, 0.15) is 5.75 Å². The number of rotatable bonds is 12. The van der Waals surface area contributed by atoms with Crippen molar-refractivity contribution in [1.82, 2.24) is 0 Å². The summed E-state index contributed by atoms with van der Waals surface area (Å²) in [5, 5.41) is 12.1. The molecule has 3 nitrogen and oxygen atoms in total. The standard InChI is InChI=1S/C56H56N2O/c1-53(2,42-23-13-9-14-24-42)46-33-40(34-47(36-46)54(3,4)43-25-15-10-16-26-43)38-57-50-31-21-22-32-51(50)58-39-41-35-48(55(5,6)44-27-17-11-18-28-44)37-49(52(41)59)56(7,8)45-29-19-12-20-30-45/h9-39,59H,1-8H3. The van der Waals surface area contributed by atoms with Gasteiger partial charge in [0.2, 0.25) is 0 Å². The number of hydrogen-bond acceptors (Lipinski definition) is 3. The molecule has 0 saturated carbocycles. The molecule has 0 bridgehead atoms. The second-order valence-corrected chi connectivity index (χ2v) is 17.8. The van der Waals surface area contributed by atoms with Gasteiger partial charge in [-0.1, -0.05) is 201 Å². The highest BCUT2D eigenvalue weighted by atomic mass is 16.3. The van der Waals surface area contributed by atoms with E-state index in [4.69, 9.17) is 9.98 Å². The van der Waals surface area contributed by atoms with E-state index in [1.807, 2.05) is 42.6 Å². The summed E-state index contributed by atoms with van der Waals surface area (Å²) in [6.45, 7) is 18.0. The average Bonchev–Trinajstić information content (AvgIpc) is 3.26. The molecule has 7 rings (SSSR count). The molecule has 0 unspecified atom stereocenters. The maximum Gasteiger partial charge on any atom is 0.128 e. The van der Waals surface area contributed by atoms with Gasteiger partial charge in [0.25, 0.3) is 0 Å². The zero-order chi connectivity index (χ0) is 41.8. The molecule has 3 heteroatoms. The third kappa shape index (κ3) is 8.47. The second kappa shape index (κ2) is 16.5. The molecule has 0 saturated heterocycles. The number of nitrogens with zero attached hydrogens (tertiary/aromatic N) is 2. The molecule has 0 aliphatic heterocycles. The Morgan fingerprint density at radius 3 is 1.10 bits per heavy atom. The van der Waals surface area contributed by atoms with Gasteiger partial charge in [-0.25, -0.2) is 0 Å². The smallest absolute Gasteiger partial charge is 0.128 e. The maximum atomic E-state index is 12.1. The summed E-state index contributed by atoms with van der Waals surface area (Å²) in [6.07, 6.45) is 3.76. The van der Waals surface area contributed by atoms with Crippen molar-refractivity contribution in [2.75, 3.05) is 0 Å². The van der Waals surface area contributed by atoms with Gasteiger partial charge in [0.05, 0.1) is 11.4 Å². The summed E-state index contributed by atoms with van der Waals surface area (Å²) >= 11 is 0. The van der Waals surface area contributed by atoms with Gasteiger partial charge < -0.3 is 5.11 Å². The van der Waals surface area contributed by atoms with Gasteiger partial charge in [-0.3, -0.25) is 9.98 Å². The Kier molecular flexibility index (Phi) is 11.4. The molecule has 7 aromatic carbocycles. The molecule has 296 valence electrons. The van der Waals surface area contributed by atoms with Crippen LogP contribution in [0.15, 0.2) is 186 Å². The molecule has 0 aliphatic carbocycles. The highest BCUT2D eigenvalue weighted by Gasteiger charge is 2.32. The van der Waals surface area contributed by atoms with Crippen LogP contribution in [0.5, 0.6) is 5.75 Å². The number of benzene rings is 7. The average molecular weight is 773 g/mol. The molecule has 59 heavy (non-hydrogen) atoms. The van der Waals surface area contributed by atoms with Crippen LogP contribution >= 0.6 is 0 Å². The fraction of sp³-hybridized carbons (Fsp3) is 0.214. The lowest BCUT2D eigenvalue weighted by Crippen LogP contribution is -2.24. The number of aromatic hydroxyl groups is 1. The van der Waals surface area contributed by atoms with Crippen LogP contribution in [0.4, 0.5) is 11.4 Å². The second-order valence-electron chi connectivity index (χ2n) is 17.8. The van der Waals surface area contributed by atoms with E-state index in [2.05, 4.69) is 195 Å². The van der Waals surface area contributed by atoms with Crippen molar-refractivity contribution in [1.29, 1.82) is 0 Å². The van der Waals surface area contributed by atoms with Gasteiger partial charge in [-0.05, 0) is 74.8 Å². The number of hydrogen-bond donors (Lipinski definition) is 1. The molecule has 0 radical (unpaired) electrons. The predicted octanol–water partition coefficient (Wildman–Crippen LogP) is 14.2. The molecular formula is C56H56N2O. The molecule has 0 aliphatic rings. The van der Waals surface area contributed by atoms with Crippen molar-refractivity contribution < 1.29 is 5.11 Å². The summed E-state index contributed by atoms with van der Waals surface area (Å²) < 4.78 is 0. The summed E-state index contributed by atoms with van der Waals surface area (Å²) in [4.78, 5) is 10.1. The van der Waals surface area contributed by atoms with Gasteiger partial charge in [0.15, 0.2) is 0 Å². The molecule has 0 aromatic heterocycles. The van der Waals surface area contributed by atoms with E-state index < -0.39 is 5.41 Å². The van der Waals surface area contributed by atoms with Crippen molar-refractivity contribution in [3.63, 3.8) is 0 Å². The first-order valence-electron chi connectivity index (χ1n) is 20.6. The Morgan fingerprint density at radius 2 is 0.695 bits per heavy atom. The summed E-state index contributed by atoms with van der Waals surface area (Å²) in [6, 6.07) is 61.4. The molecular weight excluding hydrogens is 717 g/mol. The van der Waals surface area contributed by atoms with Gasteiger partial charge in [-0.15, -0.1) is 0 Å². The Hall–Kier alpha value is -6.32. The minimum absolute atomic E-state index is 0.225. The summed E-state index contributed by atoms with van der Waals surface area (Å²) in [5.41, 5.74) is 11.1. The lowest BCUT2D eigenvalue weighted by atomic mass is 9.72. The number of phenolic OH excluding ortho intramolecular Hbond substituents is 1. The number of para-hydroxylation sites is 2. The predicted molar refractivity (Wildman–Crippen MR) is 250 cm³/mol. The van der Waals surface area contributed by atoms with E-state index in [1.54, 1.807) is 6.21 Å². The Balaban J connectivity index is 1.30. The van der Waals surface area contributed by atoms with Crippen LogP contribution in [0.25, 0.3) is 0 Å². The van der Waals surface area contributed by atoms with Crippen LogP contribution in [0, 0.1) is 0 Å². The highest BCUT2D eigenvalue weighted by Crippen LogP contribution is 2.43. The minimum atomic E-state index is -0.476. The van der Waals surface area contributed by atoms with Crippen molar-refractivity contribution in [3.8, 4) is 5.75 Å². The summed E-state index contributed by atoms with van der Waals surface area (Å²) in [5.74, 6) is 0.225. The quantitative estimate of drug-likeness (QED) is 0.124. The van der Waals surface area contributed by atoms with Crippen LogP contribution in [0.2, 0.25) is 0 Å². The van der Waals surface area contributed by atoms with E-state index in [9.17, 15) is 5.11 Å². The zero-order valence-electron chi connectivity index (χ0n) is 35.7. The Bertz CT molecular complexity index is 2510. The first-order chi connectivity index (χ1) is 28.2. The topological polar surface area (TPSA) is 45.0 Å².